The molecular formula is C33H28Si2. The van der Waals surface area contributed by atoms with E-state index >= 15 is 0 Å². The summed E-state index contributed by atoms with van der Waals surface area (Å²) >= 11 is 0. The van der Waals surface area contributed by atoms with Crippen LogP contribution in [0, 0.1) is 6.92 Å². The Morgan fingerprint density at radius 1 is 0.457 bits per heavy atom. The maximum Gasteiger partial charge on any atom is 0.154 e. The van der Waals surface area contributed by atoms with Crippen molar-refractivity contribution >= 4 is 43.5 Å². The topological polar surface area (TPSA) is 0 Å². The summed E-state index contributed by atoms with van der Waals surface area (Å²) in [7, 11) is -2.38. The first-order chi connectivity index (χ1) is 17.3. The van der Waals surface area contributed by atoms with Gasteiger partial charge in [-0.1, -0.05) is 183 Å². The van der Waals surface area contributed by atoms with E-state index in [2.05, 4.69) is 158 Å². The lowest BCUT2D eigenvalue weighted by molar-refractivity contribution is 1.46. The van der Waals surface area contributed by atoms with Crippen molar-refractivity contribution in [1.29, 1.82) is 0 Å². The molecule has 0 bridgehead atoms. The molecule has 2 heteroatoms. The minimum absolute atomic E-state index is 1.15. The molecule has 0 amide bonds. The van der Waals surface area contributed by atoms with Gasteiger partial charge >= 0.3 is 0 Å². The molecule has 2 radical (unpaired) electrons. The zero-order chi connectivity index (χ0) is 23.9. The second-order valence-corrected chi connectivity index (χ2v) is 13.4. The van der Waals surface area contributed by atoms with Crippen molar-refractivity contribution in [1.82, 2.24) is 0 Å². The lowest BCUT2D eigenvalue weighted by atomic mass is 10.1. The standard InChI is InChI=1S/C33H28Si2/c1-27-22-24-28(25-23-27)33(35(31-18-10-4-11-19-31)32-20-12-5-13-21-32)26-34(29-14-6-2-7-15-29)30-16-8-3-9-17-30/h2-26H,1H3/b33-26-. The fourth-order valence-corrected chi connectivity index (χ4v) is 10.1. The normalized spacial score (nSPS) is 11.7. The summed E-state index contributed by atoms with van der Waals surface area (Å²) in [5, 5.41) is 7.12. The van der Waals surface area contributed by atoms with Crippen LogP contribution in [0.15, 0.2) is 151 Å². The van der Waals surface area contributed by atoms with Gasteiger partial charge in [-0.15, -0.1) is 0 Å². The molecule has 0 nitrogen and oxygen atoms in total. The van der Waals surface area contributed by atoms with Crippen LogP contribution in [0.2, 0.25) is 0 Å². The van der Waals surface area contributed by atoms with Gasteiger partial charge in [0.25, 0.3) is 0 Å². The molecule has 0 N–H and O–H groups in total. The quantitative estimate of drug-likeness (QED) is 0.285. The molecule has 0 aliphatic heterocycles. The third-order valence-corrected chi connectivity index (χ3v) is 11.8. The smallest absolute Gasteiger partial charge is 0.0868 e. The van der Waals surface area contributed by atoms with E-state index in [4.69, 9.17) is 0 Å². The van der Waals surface area contributed by atoms with Gasteiger partial charge in [-0.2, -0.15) is 0 Å². The molecule has 0 heterocycles. The third-order valence-electron chi connectivity index (χ3n) is 6.22. The van der Waals surface area contributed by atoms with Crippen molar-refractivity contribution in [3.05, 3.63) is 162 Å². The molecule has 0 saturated carbocycles. The highest BCUT2D eigenvalue weighted by Crippen LogP contribution is 2.20. The molecule has 5 aromatic rings. The SMILES string of the molecule is Cc1ccc(/C(=C/[Si](c2ccccc2)c2ccccc2)[Si](c2ccccc2)c2ccccc2)cc1. The van der Waals surface area contributed by atoms with Crippen LogP contribution in [-0.2, 0) is 0 Å². The van der Waals surface area contributed by atoms with Crippen molar-refractivity contribution in [2.75, 3.05) is 0 Å². The van der Waals surface area contributed by atoms with Gasteiger partial charge in [-0.05, 0) is 12.5 Å². The molecular weight excluding hydrogens is 453 g/mol. The molecule has 5 aromatic carbocycles. The highest BCUT2D eigenvalue weighted by Gasteiger charge is 2.26. The van der Waals surface area contributed by atoms with E-state index in [1.165, 1.54) is 37.1 Å². The van der Waals surface area contributed by atoms with E-state index < -0.39 is 17.6 Å². The zero-order valence-corrected chi connectivity index (χ0v) is 21.9. The van der Waals surface area contributed by atoms with E-state index in [1.54, 1.807) is 0 Å². The van der Waals surface area contributed by atoms with Gasteiger partial charge in [0, 0.05) is 0 Å². The van der Waals surface area contributed by atoms with Crippen LogP contribution >= 0.6 is 0 Å². The molecule has 5 rings (SSSR count). The predicted octanol–water partition coefficient (Wildman–Crippen LogP) is 5.08. The molecule has 0 saturated heterocycles. The number of hydrogen-bond donors (Lipinski definition) is 0. The molecule has 0 spiro atoms. The Morgan fingerprint density at radius 3 is 1.23 bits per heavy atom. The van der Waals surface area contributed by atoms with Crippen LogP contribution in [-0.4, -0.2) is 17.6 Å². The van der Waals surface area contributed by atoms with E-state index in [0.717, 1.165) is 0 Å². The summed E-state index contributed by atoms with van der Waals surface area (Å²) in [5.41, 5.74) is 5.25. The molecule has 0 fully saturated rings. The molecule has 35 heavy (non-hydrogen) atoms. The number of aryl methyl sites for hydroxylation is 1. The summed E-state index contributed by atoms with van der Waals surface area (Å²) in [6, 6.07) is 53.4. The van der Waals surface area contributed by atoms with Crippen molar-refractivity contribution in [2.45, 2.75) is 6.92 Å². The Labute approximate surface area is 212 Å². The average molecular weight is 481 g/mol. The second-order valence-electron chi connectivity index (χ2n) is 8.68. The van der Waals surface area contributed by atoms with Gasteiger partial charge in [0.15, 0.2) is 8.80 Å². The first kappa shape index (κ1) is 23.0. The van der Waals surface area contributed by atoms with Crippen LogP contribution < -0.4 is 20.7 Å². The predicted molar refractivity (Wildman–Crippen MR) is 155 cm³/mol. The third kappa shape index (κ3) is 5.51. The highest BCUT2D eigenvalue weighted by atomic mass is 28.3. The lowest BCUT2D eigenvalue weighted by Gasteiger charge is -2.23. The Hall–Kier alpha value is -3.73. The Bertz CT molecular complexity index is 1280. The summed E-state index contributed by atoms with van der Waals surface area (Å²) in [4.78, 5) is 0. The summed E-state index contributed by atoms with van der Waals surface area (Å²) in [6.07, 6.45) is 0. The van der Waals surface area contributed by atoms with Gasteiger partial charge < -0.3 is 0 Å². The van der Waals surface area contributed by atoms with Crippen molar-refractivity contribution < 1.29 is 0 Å². The van der Waals surface area contributed by atoms with Crippen LogP contribution in [0.3, 0.4) is 0 Å². The zero-order valence-electron chi connectivity index (χ0n) is 19.9. The van der Waals surface area contributed by atoms with Crippen LogP contribution in [0.25, 0.3) is 5.20 Å². The largest absolute Gasteiger partial charge is 0.154 e. The average Bonchev–Trinajstić information content (AvgIpc) is 2.93. The van der Waals surface area contributed by atoms with Crippen LogP contribution in [0.1, 0.15) is 11.1 Å². The lowest BCUT2D eigenvalue weighted by Crippen LogP contribution is -2.46. The monoisotopic (exact) mass is 480 g/mol. The Balaban J connectivity index is 1.77. The summed E-state index contributed by atoms with van der Waals surface area (Å²) in [5.74, 6) is 0. The van der Waals surface area contributed by atoms with E-state index in [0.29, 0.717) is 0 Å². The number of rotatable bonds is 7. The van der Waals surface area contributed by atoms with Gasteiger partial charge in [0.1, 0.15) is 8.80 Å². The van der Waals surface area contributed by atoms with Crippen molar-refractivity contribution in [3.8, 4) is 0 Å². The number of benzene rings is 5. The first-order valence-electron chi connectivity index (χ1n) is 12.0. The van der Waals surface area contributed by atoms with Crippen LogP contribution in [0.5, 0.6) is 0 Å². The molecule has 0 aromatic heterocycles. The minimum atomic E-state index is -1.23. The fraction of sp³-hybridized carbons (Fsp3) is 0.0303. The molecule has 0 aliphatic rings. The Kier molecular flexibility index (Phi) is 7.33. The fourth-order valence-electron chi connectivity index (χ4n) is 4.43. The maximum atomic E-state index is 2.63. The molecule has 168 valence electrons. The van der Waals surface area contributed by atoms with E-state index in [-0.39, 0.29) is 0 Å². The molecule has 0 aliphatic carbocycles. The second kappa shape index (κ2) is 11.1. The molecule has 0 unspecified atom stereocenters. The van der Waals surface area contributed by atoms with Gasteiger partial charge in [-0.3, -0.25) is 0 Å². The van der Waals surface area contributed by atoms with Gasteiger partial charge in [0.05, 0.1) is 0 Å². The number of hydrogen-bond acceptors (Lipinski definition) is 0. The van der Waals surface area contributed by atoms with Crippen molar-refractivity contribution in [3.63, 3.8) is 0 Å². The van der Waals surface area contributed by atoms with E-state index in [1.807, 2.05) is 0 Å². The van der Waals surface area contributed by atoms with Gasteiger partial charge in [-0.25, -0.2) is 0 Å². The highest BCUT2D eigenvalue weighted by molar-refractivity contribution is 7.02. The minimum Gasteiger partial charge on any atom is -0.0868 e. The Morgan fingerprint density at radius 2 is 0.829 bits per heavy atom. The van der Waals surface area contributed by atoms with Crippen LogP contribution in [0.4, 0.5) is 0 Å². The first-order valence-corrected chi connectivity index (χ1v) is 15.1. The van der Waals surface area contributed by atoms with Gasteiger partial charge in [0.2, 0.25) is 0 Å². The maximum absolute atomic E-state index is 2.63. The van der Waals surface area contributed by atoms with Crippen molar-refractivity contribution in [2.24, 2.45) is 0 Å². The molecule has 0 atom stereocenters. The summed E-state index contributed by atoms with van der Waals surface area (Å²) in [6.45, 7) is 2.16. The van der Waals surface area contributed by atoms with E-state index in [9.17, 15) is 0 Å². The summed E-state index contributed by atoms with van der Waals surface area (Å²) < 4.78 is 0.